The van der Waals surface area contributed by atoms with Crippen LogP contribution in [0.4, 0.5) is 5.69 Å². The smallest absolute Gasteiger partial charge is 0.227 e. The van der Waals surface area contributed by atoms with Crippen molar-refractivity contribution in [3.05, 3.63) is 88.7 Å². The van der Waals surface area contributed by atoms with E-state index in [9.17, 15) is 4.79 Å². The van der Waals surface area contributed by atoms with Gasteiger partial charge in [0.2, 0.25) is 5.91 Å². The highest BCUT2D eigenvalue weighted by Crippen LogP contribution is 2.33. The molecular formula is C29H30ClN3O2. The van der Waals surface area contributed by atoms with Crippen molar-refractivity contribution in [2.24, 2.45) is 0 Å². The largest absolute Gasteiger partial charge is 0.494 e. The quantitative estimate of drug-likeness (QED) is 0.260. The third-order valence-corrected chi connectivity index (χ3v) is 7.09. The summed E-state index contributed by atoms with van der Waals surface area (Å²) in [5, 5.41) is 0.753. The summed E-state index contributed by atoms with van der Waals surface area (Å²) < 4.78 is 8.24. The Bertz CT molecular complexity index is 1360. The topological polar surface area (TPSA) is 47.4 Å². The molecule has 1 unspecified atom stereocenters. The Morgan fingerprint density at radius 2 is 1.89 bits per heavy atom. The first-order valence-corrected chi connectivity index (χ1v) is 12.6. The van der Waals surface area contributed by atoms with Gasteiger partial charge in [0.1, 0.15) is 11.6 Å². The highest BCUT2D eigenvalue weighted by atomic mass is 35.5. The maximum atomic E-state index is 12.9. The number of hydrogen-bond donors (Lipinski definition) is 0. The molecule has 5 nitrogen and oxygen atoms in total. The number of benzene rings is 3. The Hall–Kier alpha value is -3.31. The van der Waals surface area contributed by atoms with E-state index in [-0.39, 0.29) is 11.8 Å². The molecule has 0 saturated carbocycles. The Labute approximate surface area is 211 Å². The second-order valence-electron chi connectivity index (χ2n) is 9.32. The van der Waals surface area contributed by atoms with Crippen LogP contribution >= 0.6 is 11.6 Å². The van der Waals surface area contributed by atoms with E-state index in [4.69, 9.17) is 21.3 Å². The molecule has 1 aliphatic rings. The number of nitrogens with zero attached hydrogens (tertiary/aromatic N) is 3. The standard InChI is InChI=1S/C29H30ClN3O2/c1-20-8-7-9-23(16-20)33-19-22(18-28(33)34)29-31-26-10-3-4-11-27(26)32(29)14-5-6-15-35-24-12-13-25(30)21(2)17-24/h3-4,7-13,16-17,22H,5-6,14-15,18-19H2,1-2H3. The van der Waals surface area contributed by atoms with Crippen LogP contribution in [0.25, 0.3) is 11.0 Å². The zero-order valence-electron chi connectivity index (χ0n) is 20.2. The molecule has 0 N–H and O–H groups in total. The van der Waals surface area contributed by atoms with Gasteiger partial charge in [0, 0.05) is 36.1 Å². The van der Waals surface area contributed by atoms with Crippen molar-refractivity contribution in [3.63, 3.8) is 0 Å². The monoisotopic (exact) mass is 487 g/mol. The molecule has 4 aromatic rings. The summed E-state index contributed by atoms with van der Waals surface area (Å²) in [5.41, 5.74) is 5.25. The summed E-state index contributed by atoms with van der Waals surface area (Å²) >= 11 is 6.11. The van der Waals surface area contributed by atoms with Gasteiger partial charge in [0.15, 0.2) is 0 Å². The number of unbranched alkanes of at least 4 members (excludes halogenated alkanes) is 1. The lowest BCUT2D eigenvalue weighted by Gasteiger charge is -2.18. The molecule has 6 heteroatoms. The molecule has 180 valence electrons. The number of imidazole rings is 1. The van der Waals surface area contributed by atoms with Gasteiger partial charge in [-0.1, -0.05) is 35.9 Å². The van der Waals surface area contributed by atoms with Crippen LogP contribution in [0.15, 0.2) is 66.7 Å². The maximum absolute atomic E-state index is 12.9. The predicted molar refractivity (Wildman–Crippen MR) is 142 cm³/mol. The summed E-state index contributed by atoms with van der Waals surface area (Å²) in [6, 6.07) is 22.1. The third kappa shape index (κ3) is 5.06. The van der Waals surface area contributed by atoms with Gasteiger partial charge < -0.3 is 14.2 Å². The van der Waals surface area contributed by atoms with E-state index < -0.39 is 0 Å². The van der Waals surface area contributed by atoms with Crippen LogP contribution < -0.4 is 9.64 Å². The lowest BCUT2D eigenvalue weighted by Crippen LogP contribution is -2.24. The van der Waals surface area contributed by atoms with E-state index in [1.165, 1.54) is 0 Å². The van der Waals surface area contributed by atoms with Gasteiger partial charge >= 0.3 is 0 Å². The van der Waals surface area contributed by atoms with Crippen LogP contribution in [0.5, 0.6) is 5.75 Å². The van der Waals surface area contributed by atoms with E-state index in [2.05, 4.69) is 41.8 Å². The maximum Gasteiger partial charge on any atom is 0.227 e. The molecular weight excluding hydrogens is 458 g/mol. The molecule has 0 aliphatic carbocycles. The van der Waals surface area contributed by atoms with Crippen molar-refractivity contribution in [1.82, 2.24) is 9.55 Å². The molecule has 35 heavy (non-hydrogen) atoms. The van der Waals surface area contributed by atoms with Crippen molar-refractivity contribution >= 4 is 34.2 Å². The van der Waals surface area contributed by atoms with E-state index in [0.717, 1.165) is 63.8 Å². The van der Waals surface area contributed by atoms with E-state index in [1.54, 1.807) is 0 Å². The van der Waals surface area contributed by atoms with Crippen LogP contribution in [-0.4, -0.2) is 28.6 Å². The highest BCUT2D eigenvalue weighted by molar-refractivity contribution is 6.31. The first kappa shape index (κ1) is 23.4. The Kier molecular flexibility index (Phi) is 6.78. The Morgan fingerprint density at radius 3 is 2.71 bits per heavy atom. The molecule has 5 rings (SSSR count). The number of aryl methyl sites for hydroxylation is 3. The number of hydrogen-bond acceptors (Lipinski definition) is 3. The van der Waals surface area contributed by atoms with Gasteiger partial charge in [-0.05, 0) is 80.3 Å². The number of para-hydroxylation sites is 2. The number of halogens is 1. The second-order valence-corrected chi connectivity index (χ2v) is 9.73. The fourth-order valence-electron chi connectivity index (χ4n) is 4.84. The predicted octanol–water partition coefficient (Wildman–Crippen LogP) is 6.69. The number of rotatable bonds is 8. The molecule has 0 bridgehead atoms. The van der Waals surface area contributed by atoms with Crippen molar-refractivity contribution in [2.75, 3.05) is 18.1 Å². The first-order chi connectivity index (χ1) is 17.0. The van der Waals surface area contributed by atoms with E-state index >= 15 is 0 Å². The SMILES string of the molecule is Cc1cccc(N2CC(c3nc4ccccc4n3CCCCOc3ccc(Cl)c(C)c3)CC2=O)c1. The van der Waals surface area contributed by atoms with Gasteiger partial charge in [0.05, 0.1) is 17.6 Å². The van der Waals surface area contributed by atoms with Crippen LogP contribution in [0.1, 0.15) is 42.1 Å². The number of fused-ring (bicyclic) bond motifs is 1. The molecule has 0 spiro atoms. The molecule has 1 fully saturated rings. The van der Waals surface area contributed by atoms with Gasteiger partial charge in [-0.3, -0.25) is 4.79 Å². The zero-order valence-corrected chi connectivity index (χ0v) is 21.0. The number of amides is 1. The fraction of sp³-hybridized carbons (Fsp3) is 0.310. The van der Waals surface area contributed by atoms with E-state index in [1.807, 2.05) is 48.2 Å². The lowest BCUT2D eigenvalue weighted by molar-refractivity contribution is -0.117. The number of ether oxygens (including phenoxy) is 1. The fourth-order valence-corrected chi connectivity index (χ4v) is 4.95. The summed E-state index contributed by atoms with van der Waals surface area (Å²) in [7, 11) is 0. The van der Waals surface area contributed by atoms with Crippen molar-refractivity contribution < 1.29 is 9.53 Å². The van der Waals surface area contributed by atoms with Crippen molar-refractivity contribution in [1.29, 1.82) is 0 Å². The van der Waals surface area contributed by atoms with Crippen LogP contribution in [0, 0.1) is 13.8 Å². The zero-order chi connectivity index (χ0) is 24.4. The number of anilines is 1. The van der Waals surface area contributed by atoms with Gasteiger partial charge in [-0.25, -0.2) is 4.98 Å². The lowest BCUT2D eigenvalue weighted by atomic mass is 10.1. The van der Waals surface area contributed by atoms with Crippen LogP contribution in [0.2, 0.25) is 5.02 Å². The minimum atomic E-state index is 0.0729. The van der Waals surface area contributed by atoms with Gasteiger partial charge in [0.25, 0.3) is 0 Å². The Morgan fingerprint density at radius 1 is 1.03 bits per heavy atom. The van der Waals surface area contributed by atoms with Crippen LogP contribution in [0.3, 0.4) is 0 Å². The molecule has 1 aromatic heterocycles. The molecule has 1 aliphatic heterocycles. The summed E-state index contributed by atoms with van der Waals surface area (Å²) in [4.78, 5) is 19.8. The van der Waals surface area contributed by atoms with Crippen molar-refractivity contribution in [3.8, 4) is 5.75 Å². The molecule has 3 aromatic carbocycles. The summed E-state index contributed by atoms with van der Waals surface area (Å²) in [6.45, 7) is 6.18. The normalized spacial score (nSPS) is 15.8. The summed E-state index contributed by atoms with van der Waals surface area (Å²) in [6.07, 6.45) is 2.37. The molecule has 1 amide bonds. The van der Waals surface area contributed by atoms with E-state index in [0.29, 0.717) is 19.6 Å². The van der Waals surface area contributed by atoms with Gasteiger partial charge in [-0.15, -0.1) is 0 Å². The minimum absolute atomic E-state index is 0.0729. The minimum Gasteiger partial charge on any atom is -0.494 e. The highest BCUT2D eigenvalue weighted by Gasteiger charge is 2.34. The first-order valence-electron chi connectivity index (χ1n) is 12.2. The van der Waals surface area contributed by atoms with Gasteiger partial charge in [-0.2, -0.15) is 0 Å². The number of aromatic nitrogens is 2. The average Bonchev–Trinajstić information content (AvgIpc) is 3.41. The molecule has 2 heterocycles. The number of carbonyl (C=O) groups is 1. The number of carbonyl (C=O) groups excluding carboxylic acids is 1. The van der Waals surface area contributed by atoms with Crippen LogP contribution in [-0.2, 0) is 11.3 Å². The molecule has 0 radical (unpaired) electrons. The summed E-state index contributed by atoms with van der Waals surface area (Å²) in [5.74, 6) is 2.08. The average molecular weight is 488 g/mol. The molecule has 1 atom stereocenters. The molecule has 1 saturated heterocycles. The Balaban J connectivity index is 1.28. The van der Waals surface area contributed by atoms with Crippen molar-refractivity contribution in [2.45, 2.75) is 45.6 Å². The third-order valence-electron chi connectivity index (χ3n) is 6.66. The second kappa shape index (κ2) is 10.1.